The van der Waals surface area contributed by atoms with Gasteiger partial charge in [-0.3, -0.25) is 4.98 Å². The molecule has 0 bridgehead atoms. The van der Waals surface area contributed by atoms with E-state index < -0.39 is 0 Å². The number of hydrogen-bond acceptors (Lipinski definition) is 3. The van der Waals surface area contributed by atoms with E-state index in [0.29, 0.717) is 18.6 Å². The van der Waals surface area contributed by atoms with Crippen molar-refractivity contribution in [2.75, 3.05) is 11.9 Å². The topological polar surface area (TPSA) is 45.1 Å². The molecule has 0 aliphatic heterocycles. The second kappa shape index (κ2) is 7.98. The van der Waals surface area contributed by atoms with Gasteiger partial charge in [0.1, 0.15) is 0 Å². The van der Waals surface area contributed by atoms with Gasteiger partial charge in [-0.25, -0.2) is 0 Å². The summed E-state index contributed by atoms with van der Waals surface area (Å²) in [5.74, 6) is 0.697. The number of anilines is 1. The number of nitrogens with zero attached hydrogens (tertiary/aromatic N) is 1. The molecule has 4 rings (SSSR count). The summed E-state index contributed by atoms with van der Waals surface area (Å²) in [5, 5.41) is 13.7. The molecule has 2 N–H and O–H groups in total. The molecule has 0 amide bonds. The van der Waals surface area contributed by atoms with Gasteiger partial charge < -0.3 is 10.4 Å². The van der Waals surface area contributed by atoms with Gasteiger partial charge in [-0.05, 0) is 81.0 Å². The number of aliphatic hydroxyl groups is 1. The van der Waals surface area contributed by atoms with Gasteiger partial charge in [0.15, 0.2) is 0 Å². The third kappa shape index (κ3) is 3.89. The average molecular weight is 371 g/mol. The van der Waals surface area contributed by atoms with Gasteiger partial charge in [0.25, 0.3) is 0 Å². The van der Waals surface area contributed by atoms with Crippen molar-refractivity contribution in [2.24, 2.45) is 5.92 Å². The number of pyridine rings is 1. The fourth-order valence-electron chi connectivity index (χ4n) is 4.47. The number of fused-ring (bicyclic) bond motifs is 1. The first-order valence-electron chi connectivity index (χ1n) is 9.89. The standard InChI is InChI=1S/C22H27ClN2O/c23-17-4-1-3-16(13-17)21-14-22(19-5-2-6-20(19)25-21)24-18-9-7-15(8-10-18)11-12-26/h1,3-4,13-15,18,26H,2,5-12H2,(H,24,25)/t15-,18-. The molecule has 1 fully saturated rings. The third-order valence-electron chi connectivity index (χ3n) is 5.91. The molecule has 2 aliphatic rings. The molecule has 2 aliphatic carbocycles. The minimum atomic E-state index is 0.323. The summed E-state index contributed by atoms with van der Waals surface area (Å²) in [6.45, 7) is 0.323. The molecule has 4 heteroatoms. The van der Waals surface area contributed by atoms with E-state index in [0.717, 1.165) is 35.5 Å². The first kappa shape index (κ1) is 17.8. The van der Waals surface area contributed by atoms with Crippen LogP contribution in [0.5, 0.6) is 0 Å². The summed E-state index contributed by atoms with van der Waals surface area (Å²) in [6.07, 6.45) is 9.15. The summed E-state index contributed by atoms with van der Waals surface area (Å²) in [5.41, 5.74) is 6.03. The number of benzene rings is 1. The normalized spacial score (nSPS) is 22.2. The summed E-state index contributed by atoms with van der Waals surface area (Å²) in [6, 6.07) is 10.7. The fourth-order valence-corrected chi connectivity index (χ4v) is 4.66. The number of aromatic nitrogens is 1. The highest BCUT2D eigenvalue weighted by atomic mass is 35.5. The zero-order valence-electron chi connectivity index (χ0n) is 15.2. The maximum atomic E-state index is 9.15. The van der Waals surface area contributed by atoms with Crippen molar-refractivity contribution < 1.29 is 5.11 Å². The van der Waals surface area contributed by atoms with E-state index >= 15 is 0 Å². The molecule has 0 radical (unpaired) electrons. The van der Waals surface area contributed by atoms with E-state index in [9.17, 15) is 0 Å². The summed E-state index contributed by atoms with van der Waals surface area (Å²) in [4.78, 5) is 4.93. The Balaban J connectivity index is 1.56. The molecule has 1 aromatic carbocycles. The van der Waals surface area contributed by atoms with Crippen LogP contribution in [0.3, 0.4) is 0 Å². The number of rotatable bonds is 5. The SMILES string of the molecule is OCC[C@H]1CC[C@H](Nc2cc(-c3cccc(Cl)c3)nc3c2CCC3)CC1. The molecule has 26 heavy (non-hydrogen) atoms. The first-order chi connectivity index (χ1) is 12.7. The quantitative estimate of drug-likeness (QED) is 0.756. The van der Waals surface area contributed by atoms with E-state index in [2.05, 4.69) is 17.4 Å². The maximum absolute atomic E-state index is 9.15. The van der Waals surface area contributed by atoms with Crippen LogP contribution in [0.2, 0.25) is 5.02 Å². The Hall–Kier alpha value is -1.58. The van der Waals surface area contributed by atoms with Crippen LogP contribution < -0.4 is 5.32 Å². The highest BCUT2D eigenvalue weighted by Gasteiger charge is 2.24. The highest BCUT2D eigenvalue weighted by Crippen LogP contribution is 2.35. The minimum Gasteiger partial charge on any atom is -0.396 e. The number of aliphatic hydroxyl groups excluding tert-OH is 1. The van der Waals surface area contributed by atoms with Crippen molar-refractivity contribution in [3.8, 4) is 11.3 Å². The monoisotopic (exact) mass is 370 g/mol. The van der Waals surface area contributed by atoms with Crippen molar-refractivity contribution in [3.63, 3.8) is 0 Å². The van der Waals surface area contributed by atoms with Crippen molar-refractivity contribution in [3.05, 3.63) is 46.6 Å². The molecule has 1 heterocycles. The lowest BCUT2D eigenvalue weighted by Gasteiger charge is -2.30. The number of halogens is 1. The highest BCUT2D eigenvalue weighted by molar-refractivity contribution is 6.30. The number of hydrogen-bond donors (Lipinski definition) is 2. The van der Waals surface area contributed by atoms with E-state index in [4.69, 9.17) is 21.7 Å². The lowest BCUT2D eigenvalue weighted by molar-refractivity contribution is 0.225. The van der Waals surface area contributed by atoms with Gasteiger partial charge in [-0.1, -0.05) is 23.7 Å². The molecule has 0 saturated heterocycles. The molecule has 3 nitrogen and oxygen atoms in total. The van der Waals surface area contributed by atoms with Gasteiger partial charge in [0.05, 0.1) is 5.69 Å². The van der Waals surface area contributed by atoms with E-state index in [1.807, 2.05) is 18.2 Å². The number of aryl methyl sites for hydroxylation is 1. The van der Waals surface area contributed by atoms with E-state index in [1.54, 1.807) is 0 Å². The van der Waals surface area contributed by atoms with Crippen molar-refractivity contribution >= 4 is 17.3 Å². The summed E-state index contributed by atoms with van der Waals surface area (Å²) >= 11 is 6.19. The molecule has 138 valence electrons. The van der Waals surface area contributed by atoms with Gasteiger partial charge in [0.2, 0.25) is 0 Å². The summed E-state index contributed by atoms with van der Waals surface area (Å²) < 4.78 is 0. The Morgan fingerprint density at radius 3 is 2.73 bits per heavy atom. The Morgan fingerprint density at radius 1 is 1.12 bits per heavy atom. The molecule has 0 spiro atoms. The van der Waals surface area contributed by atoms with Crippen LogP contribution >= 0.6 is 11.6 Å². The average Bonchev–Trinajstić information content (AvgIpc) is 3.12. The Bertz CT molecular complexity index is 769. The van der Waals surface area contributed by atoms with Crippen LogP contribution in [0.4, 0.5) is 5.69 Å². The van der Waals surface area contributed by atoms with Gasteiger partial charge >= 0.3 is 0 Å². The predicted octanol–water partition coefficient (Wildman–Crippen LogP) is 5.24. The van der Waals surface area contributed by atoms with Crippen molar-refractivity contribution in [1.29, 1.82) is 0 Å². The lowest BCUT2D eigenvalue weighted by atomic mass is 9.84. The van der Waals surface area contributed by atoms with E-state index in [-0.39, 0.29) is 0 Å². The van der Waals surface area contributed by atoms with Crippen LogP contribution in [0.25, 0.3) is 11.3 Å². The van der Waals surface area contributed by atoms with E-state index in [1.165, 1.54) is 49.0 Å². The molecule has 2 aromatic rings. The molecule has 1 aromatic heterocycles. The zero-order valence-corrected chi connectivity index (χ0v) is 15.9. The van der Waals surface area contributed by atoms with Crippen LogP contribution in [0.15, 0.2) is 30.3 Å². The van der Waals surface area contributed by atoms with Crippen LogP contribution in [0, 0.1) is 5.92 Å². The lowest BCUT2D eigenvalue weighted by Crippen LogP contribution is -2.27. The zero-order chi connectivity index (χ0) is 17.9. The Labute approximate surface area is 160 Å². The van der Waals surface area contributed by atoms with Gasteiger partial charge in [-0.2, -0.15) is 0 Å². The van der Waals surface area contributed by atoms with Crippen LogP contribution in [-0.4, -0.2) is 22.7 Å². The third-order valence-corrected chi connectivity index (χ3v) is 6.15. The Kier molecular flexibility index (Phi) is 5.46. The van der Waals surface area contributed by atoms with Crippen LogP contribution in [0.1, 0.15) is 49.8 Å². The van der Waals surface area contributed by atoms with Gasteiger partial charge in [-0.15, -0.1) is 0 Å². The Morgan fingerprint density at radius 2 is 1.96 bits per heavy atom. The fraction of sp³-hybridized carbons (Fsp3) is 0.500. The number of nitrogens with one attached hydrogen (secondary N) is 1. The predicted molar refractivity (Wildman–Crippen MR) is 108 cm³/mol. The molecule has 0 atom stereocenters. The van der Waals surface area contributed by atoms with Crippen LogP contribution in [-0.2, 0) is 12.8 Å². The van der Waals surface area contributed by atoms with Crippen molar-refractivity contribution in [2.45, 2.75) is 57.4 Å². The smallest absolute Gasteiger partial charge is 0.0726 e. The largest absolute Gasteiger partial charge is 0.396 e. The molecule has 0 unspecified atom stereocenters. The maximum Gasteiger partial charge on any atom is 0.0726 e. The minimum absolute atomic E-state index is 0.323. The first-order valence-corrected chi connectivity index (χ1v) is 10.3. The molecule has 1 saturated carbocycles. The second-order valence-corrected chi connectivity index (χ2v) is 8.15. The summed E-state index contributed by atoms with van der Waals surface area (Å²) in [7, 11) is 0. The van der Waals surface area contributed by atoms with Gasteiger partial charge in [0, 0.05) is 34.6 Å². The molecular formula is C22H27ClN2O. The van der Waals surface area contributed by atoms with Crippen molar-refractivity contribution in [1.82, 2.24) is 4.98 Å². The second-order valence-electron chi connectivity index (χ2n) is 7.72. The molecular weight excluding hydrogens is 344 g/mol.